The monoisotopic (exact) mass is 616 g/mol. The second kappa shape index (κ2) is 15.4. The number of amides is 4. The van der Waals surface area contributed by atoms with Gasteiger partial charge in [0.2, 0.25) is 17.7 Å². The van der Waals surface area contributed by atoms with E-state index in [1.165, 1.54) is 33.8 Å². The van der Waals surface area contributed by atoms with Crippen molar-refractivity contribution in [2.24, 2.45) is 11.8 Å². The molecular formula is C33H52N4O7. The molecule has 1 saturated heterocycles. The highest BCUT2D eigenvalue weighted by atomic mass is 16.6. The van der Waals surface area contributed by atoms with E-state index in [4.69, 9.17) is 9.47 Å². The number of rotatable bonds is 11. The largest absolute Gasteiger partial charge is 0.467 e. The van der Waals surface area contributed by atoms with Gasteiger partial charge in [0.25, 0.3) is 0 Å². The van der Waals surface area contributed by atoms with Gasteiger partial charge in [-0.3, -0.25) is 19.3 Å². The summed E-state index contributed by atoms with van der Waals surface area (Å²) in [6.45, 7) is 13.0. The minimum atomic E-state index is -0.954. The van der Waals surface area contributed by atoms with Crippen molar-refractivity contribution in [2.45, 2.75) is 97.5 Å². The third kappa shape index (κ3) is 8.95. The van der Waals surface area contributed by atoms with Gasteiger partial charge in [0.1, 0.15) is 29.8 Å². The third-order valence-corrected chi connectivity index (χ3v) is 8.01. The number of nitrogens with zero attached hydrogens (tertiary/aromatic N) is 4. The molecule has 1 aliphatic rings. The normalized spacial score (nSPS) is 17.1. The number of carbonyl (C=O) groups is 5. The van der Waals surface area contributed by atoms with Gasteiger partial charge in [0.15, 0.2) is 0 Å². The molecule has 246 valence electrons. The first kappa shape index (κ1) is 36.6. The molecule has 1 fully saturated rings. The lowest BCUT2D eigenvalue weighted by Gasteiger charge is -2.40. The highest BCUT2D eigenvalue weighted by Gasteiger charge is 2.44. The second-order valence-corrected chi connectivity index (χ2v) is 13.3. The molecule has 1 heterocycles. The maximum atomic E-state index is 14.2. The summed E-state index contributed by atoms with van der Waals surface area (Å²) in [6.07, 6.45) is 0.723. The van der Waals surface area contributed by atoms with Crippen molar-refractivity contribution >= 4 is 29.8 Å². The Balaban J connectivity index is 2.42. The van der Waals surface area contributed by atoms with Crippen LogP contribution >= 0.6 is 0 Å². The highest BCUT2D eigenvalue weighted by molar-refractivity contribution is 5.95. The lowest BCUT2D eigenvalue weighted by molar-refractivity contribution is -0.157. The van der Waals surface area contributed by atoms with Gasteiger partial charge < -0.3 is 24.2 Å². The molecule has 0 saturated carbocycles. The Morgan fingerprint density at radius 3 is 1.91 bits per heavy atom. The van der Waals surface area contributed by atoms with E-state index in [0.717, 1.165) is 5.56 Å². The highest BCUT2D eigenvalue weighted by Crippen LogP contribution is 2.25. The van der Waals surface area contributed by atoms with Gasteiger partial charge in [-0.15, -0.1) is 0 Å². The van der Waals surface area contributed by atoms with Crippen molar-refractivity contribution in [3.63, 3.8) is 0 Å². The number of carbonyl (C=O) groups excluding carboxylic acids is 5. The van der Waals surface area contributed by atoms with Crippen LogP contribution in [-0.2, 0) is 35.1 Å². The molecule has 1 aromatic rings. The SMILES string of the molecule is COC(=O)[C@@H]1CCCN1C(=O)[C@H](C(C)C)N(C)C(=O)[C@H](C(C)C)N(C)C(=O)[C@H](Cc1ccccc1)N(C)C(=O)OC(C)(C)C. The van der Waals surface area contributed by atoms with Crippen molar-refractivity contribution in [1.82, 2.24) is 19.6 Å². The lowest BCUT2D eigenvalue weighted by atomic mass is 9.95. The van der Waals surface area contributed by atoms with E-state index in [1.807, 2.05) is 58.0 Å². The standard InChI is InChI=1S/C33H52N4O7/c1-21(2)26(29(39)36(10)27(22(3)4)30(40)37-19-15-18-24(37)31(41)43-11)35(9)28(38)25(20-23-16-13-12-14-17-23)34(8)32(42)44-33(5,6)7/h12-14,16-17,21-22,24-27H,15,18-20H2,1-11H3/t24-,25-,26-,27-/m0/s1. The fourth-order valence-electron chi connectivity index (χ4n) is 5.78. The summed E-state index contributed by atoms with van der Waals surface area (Å²) in [4.78, 5) is 73.3. The summed E-state index contributed by atoms with van der Waals surface area (Å²) in [7, 11) is 5.94. The number of methoxy groups -OCH3 is 1. The van der Waals surface area contributed by atoms with Crippen LogP contribution in [0, 0.1) is 11.8 Å². The summed E-state index contributed by atoms with van der Waals surface area (Å²) in [5.41, 5.74) is 0.0765. The lowest BCUT2D eigenvalue weighted by Crippen LogP contribution is -2.61. The molecule has 4 amide bonds. The van der Waals surface area contributed by atoms with Crippen LogP contribution in [-0.4, -0.2) is 114 Å². The Kier molecular flexibility index (Phi) is 12.8. The van der Waals surface area contributed by atoms with Gasteiger partial charge in [-0.25, -0.2) is 9.59 Å². The summed E-state index contributed by atoms with van der Waals surface area (Å²) in [5.74, 6) is -2.23. The molecule has 11 heteroatoms. The van der Waals surface area contributed by atoms with Crippen LogP contribution in [0.3, 0.4) is 0 Å². The van der Waals surface area contributed by atoms with Crippen LogP contribution in [0.15, 0.2) is 30.3 Å². The van der Waals surface area contributed by atoms with Gasteiger partial charge in [-0.2, -0.15) is 0 Å². The van der Waals surface area contributed by atoms with Crippen LogP contribution < -0.4 is 0 Å². The predicted octanol–water partition coefficient (Wildman–Crippen LogP) is 3.59. The van der Waals surface area contributed by atoms with Crippen LogP contribution in [0.5, 0.6) is 0 Å². The number of benzene rings is 1. The van der Waals surface area contributed by atoms with Crippen LogP contribution in [0.4, 0.5) is 4.79 Å². The molecular weight excluding hydrogens is 564 g/mol. The minimum absolute atomic E-state index is 0.214. The molecule has 44 heavy (non-hydrogen) atoms. The minimum Gasteiger partial charge on any atom is -0.467 e. The molecule has 0 spiro atoms. The van der Waals surface area contributed by atoms with Crippen LogP contribution in [0.2, 0.25) is 0 Å². The maximum absolute atomic E-state index is 14.2. The van der Waals surface area contributed by atoms with E-state index < -0.39 is 53.6 Å². The summed E-state index contributed by atoms with van der Waals surface area (Å²) in [5, 5.41) is 0. The average molecular weight is 617 g/mol. The quantitative estimate of drug-likeness (QED) is 0.349. The zero-order valence-electron chi connectivity index (χ0n) is 28.3. The summed E-state index contributed by atoms with van der Waals surface area (Å²) < 4.78 is 10.5. The molecule has 1 aliphatic heterocycles. The molecule has 2 rings (SSSR count). The first-order valence-corrected chi connectivity index (χ1v) is 15.3. The topological polar surface area (TPSA) is 117 Å². The zero-order valence-corrected chi connectivity index (χ0v) is 28.3. The van der Waals surface area contributed by atoms with Crippen molar-refractivity contribution in [2.75, 3.05) is 34.8 Å². The molecule has 0 aromatic heterocycles. The Labute approximate surface area is 262 Å². The number of likely N-dealkylation sites (tertiary alicyclic amines) is 1. The van der Waals surface area contributed by atoms with Crippen LogP contribution in [0.25, 0.3) is 0 Å². The van der Waals surface area contributed by atoms with E-state index in [0.29, 0.717) is 19.4 Å². The molecule has 4 atom stereocenters. The van der Waals surface area contributed by atoms with Crippen molar-refractivity contribution in [1.29, 1.82) is 0 Å². The second-order valence-electron chi connectivity index (χ2n) is 13.3. The van der Waals surface area contributed by atoms with Crippen molar-refractivity contribution in [3.05, 3.63) is 35.9 Å². The van der Waals surface area contributed by atoms with Gasteiger partial charge in [-0.1, -0.05) is 58.0 Å². The molecule has 0 radical (unpaired) electrons. The number of esters is 1. The van der Waals surface area contributed by atoms with E-state index in [9.17, 15) is 24.0 Å². The Morgan fingerprint density at radius 1 is 0.864 bits per heavy atom. The maximum Gasteiger partial charge on any atom is 0.410 e. The number of hydrogen-bond donors (Lipinski definition) is 0. The smallest absolute Gasteiger partial charge is 0.410 e. The molecule has 1 aromatic carbocycles. The van der Waals surface area contributed by atoms with E-state index in [2.05, 4.69) is 0 Å². The van der Waals surface area contributed by atoms with Crippen LogP contribution in [0.1, 0.15) is 66.9 Å². The fourth-order valence-corrected chi connectivity index (χ4v) is 5.78. The molecule has 0 aliphatic carbocycles. The van der Waals surface area contributed by atoms with Gasteiger partial charge in [-0.05, 0) is 51.0 Å². The summed E-state index contributed by atoms with van der Waals surface area (Å²) in [6, 6.07) is 5.91. The Morgan fingerprint density at radius 2 is 1.41 bits per heavy atom. The number of ether oxygens (including phenoxy) is 2. The van der Waals surface area contributed by atoms with E-state index in [-0.39, 0.29) is 24.2 Å². The van der Waals surface area contributed by atoms with E-state index >= 15 is 0 Å². The fraction of sp³-hybridized carbons (Fsp3) is 0.667. The first-order valence-electron chi connectivity index (χ1n) is 15.3. The predicted molar refractivity (Wildman–Crippen MR) is 167 cm³/mol. The van der Waals surface area contributed by atoms with Crippen molar-refractivity contribution in [3.8, 4) is 0 Å². The zero-order chi connectivity index (χ0) is 33.5. The first-order chi connectivity index (χ1) is 20.4. The molecule has 0 N–H and O–H groups in total. The van der Waals surface area contributed by atoms with Gasteiger partial charge in [0.05, 0.1) is 7.11 Å². The Hall–Kier alpha value is -3.63. The van der Waals surface area contributed by atoms with E-state index in [1.54, 1.807) is 34.9 Å². The van der Waals surface area contributed by atoms with Gasteiger partial charge in [0, 0.05) is 34.1 Å². The Bertz CT molecular complexity index is 1160. The molecule has 0 bridgehead atoms. The number of likely N-dealkylation sites (N-methyl/N-ethyl adjacent to an activating group) is 3. The number of hydrogen-bond acceptors (Lipinski definition) is 7. The molecule has 11 nitrogen and oxygen atoms in total. The van der Waals surface area contributed by atoms with Gasteiger partial charge >= 0.3 is 12.1 Å². The third-order valence-electron chi connectivity index (χ3n) is 8.01. The summed E-state index contributed by atoms with van der Waals surface area (Å²) >= 11 is 0. The molecule has 0 unspecified atom stereocenters. The van der Waals surface area contributed by atoms with Crippen molar-refractivity contribution < 1.29 is 33.4 Å². The average Bonchev–Trinajstić information content (AvgIpc) is 3.44.